The third-order valence-corrected chi connectivity index (χ3v) is 6.06. The maximum atomic E-state index is 12.7. The van der Waals surface area contributed by atoms with Gasteiger partial charge in [-0.1, -0.05) is 24.3 Å². The van der Waals surface area contributed by atoms with Crippen molar-refractivity contribution in [3.05, 3.63) is 93.4 Å². The zero-order chi connectivity index (χ0) is 22.9. The minimum atomic E-state index is -0.496. The molecule has 9 nitrogen and oxygen atoms in total. The van der Waals surface area contributed by atoms with Gasteiger partial charge in [-0.25, -0.2) is 0 Å². The fraction of sp³-hybridized carbons (Fsp3) is 0.0435. The lowest BCUT2D eigenvalue weighted by Crippen LogP contribution is -2.14. The maximum absolute atomic E-state index is 12.7. The molecule has 0 unspecified atom stereocenters. The number of nitrogens with one attached hydrogen (secondary N) is 1. The van der Waals surface area contributed by atoms with Crippen molar-refractivity contribution in [1.29, 1.82) is 0 Å². The van der Waals surface area contributed by atoms with Crippen molar-refractivity contribution in [3.63, 3.8) is 0 Å². The molecule has 0 atom stereocenters. The molecular weight excluding hydrogens is 440 g/mol. The molecule has 33 heavy (non-hydrogen) atoms. The molecule has 1 amide bonds. The van der Waals surface area contributed by atoms with E-state index in [0.717, 1.165) is 16.1 Å². The monoisotopic (exact) mass is 456 g/mol. The first-order valence-electron chi connectivity index (χ1n) is 9.93. The second-order valence-corrected chi connectivity index (χ2v) is 8.18. The molecule has 3 aromatic heterocycles. The van der Waals surface area contributed by atoms with Gasteiger partial charge in [-0.15, -0.1) is 21.5 Å². The Balaban J connectivity index is 1.40. The summed E-state index contributed by atoms with van der Waals surface area (Å²) in [4.78, 5) is 24.3. The van der Waals surface area contributed by atoms with Gasteiger partial charge in [-0.3, -0.25) is 14.9 Å². The lowest BCUT2D eigenvalue weighted by atomic mass is 10.1. The van der Waals surface area contributed by atoms with Gasteiger partial charge in [0.05, 0.1) is 15.5 Å². The predicted molar refractivity (Wildman–Crippen MR) is 125 cm³/mol. The van der Waals surface area contributed by atoms with Crippen LogP contribution in [-0.2, 0) is 0 Å². The smallest absolute Gasteiger partial charge is 0.273 e. The van der Waals surface area contributed by atoms with Crippen molar-refractivity contribution in [3.8, 4) is 22.0 Å². The lowest BCUT2D eigenvalue weighted by Gasteiger charge is -2.09. The zero-order valence-corrected chi connectivity index (χ0v) is 18.1. The van der Waals surface area contributed by atoms with Gasteiger partial charge in [0.25, 0.3) is 11.6 Å². The third-order valence-electron chi connectivity index (χ3n) is 5.19. The van der Waals surface area contributed by atoms with Gasteiger partial charge >= 0.3 is 0 Å². The predicted octanol–water partition coefficient (Wildman–Crippen LogP) is 4.99. The standard InChI is InChI=1S/C23H16N6O3S/c1-14-17(4-2-5-19(14)29(31)32)23(30)24-16-9-7-15(8-10-16)18-11-12-21-25-26-22(28(21)27-18)20-6-3-13-33-20/h2-13H,1H3,(H,24,30). The Morgan fingerprint density at radius 2 is 1.85 bits per heavy atom. The molecule has 0 fully saturated rings. The number of rotatable bonds is 5. The van der Waals surface area contributed by atoms with E-state index in [1.54, 1.807) is 41.0 Å². The average Bonchev–Trinajstić information content (AvgIpc) is 3.49. The number of carbonyl (C=O) groups is 1. The number of fused-ring (bicyclic) bond motifs is 1. The molecular formula is C23H16N6O3S. The molecule has 0 aliphatic heterocycles. The van der Waals surface area contributed by atoms with Crippen LogP contribution in [0.1, 0.15) is 15.9 Å². The van der Waals surface area contributed by atoms with E-state index in [1.807, 2.05) is 41.8 Å². The minimum Gasteiger partial charge on any atom is -0.322 e. The van der Waals surface area contributed by atoms with Crippen molar-refractivity contribution in [1.82, 2.24) is 19.8 Å². The van der Waals surface area contributed by atoms with Crippen molar-refractivity contribution < 1.29 is 9.72 Å². The first-order chi connectivity index (χ1) is 16.0. The number of hydrogen-bond donors (Lipinski definition) is 1. The molecule has 5 aromatic rings. The maximum Gasteiger partial charge on any atom is 0.273 e. The van der Waals surface area contributed by atoms with E-state index < -0.39 is 10.8 Å². The van der Waals surface area contributed by atoms with Crippen LogP contribution < -0.4 is 5.32 Å². The van der Waals surface area contributed by atoms with E-state index in [4.69, 9.17) is 0 Å². The average molecular weight is 456 g/mol. The number of amides is 1. The summed E-state index contributed by atoms with van der Waals surface area (Å²) in [5, 5.41) is 29.0. The highest BCUT2D eigenvalue weighted by Crippen LogP contribution is 2.26. The quantitative estimate of drug-likeness (QED) is 0.294. The molecule has 0 spiro atoms. The van der Waals surface area contributed by atoms with Crippen molar-refractivity contribution in [2.75, 3.05) is 5.32 Å². The van der Waals surface area contributed by atoms with Crippen LogP contribution in [0.15, 0.2) is 72.1 Å². The van der Waals surface area contributed by atoms with Crippen LogP contribution in [0.4, 0.5) is 11.4 Å². The van der Waals surface area contributed by atoms with Gasteiger partial charge in [0, 0.05) is 28.4 Å². The Labute approximate surface area is 191 Å². The highest BCUT2D eigenvalue weighted by molar-refractivity contribution is 7.13. The molecule has 0 saturated heterocycles. The van der Waals surface area contributed by atoms with E-state index in [2.05, 4.69) is 20.6 Å². The summed E-state index contributed by atoms with van der Waals surface area (Å²) in [5.74, 6) is 0.270. The molecule has 162 valence electrons. The number of thiophene rings is 1. The van der Waals surface area contributed by atoms with Crippen LogP contribution in [-0.4, -0.2) is 30.6 Å². The molecule has 3 heterocycles. The van der Waals surface area contributed by atoms with Gasteiger partial charge in [0.15, 0.2) is 11.5 Å². The van der Waals surface area contributed by atoms with Crippen LogP contribution in [0.5, 0.6) is 0 Å². The number of anilines is 1. The summed E-state index contributed by atoms with van der Waals surface area (Å²) in [7, 11) is 0. The van der Waals surface area contributed by atoms with Crippen LogP contribution in [0.3, 0.4) is 0 Å². The zero-order valence-electron chi connectivity index (χ0n) is 17.3. The SMILES string of the molecule is Cc1c(C(=O)Nc2ccc(-c3ccc4nnc(-c5cccs5)n4n3)cc2)cccc1[N+](=O)[O-]. The van der Waals surface area contributed by atoms with Gasteiger partial charge < -0.3 is 5.32 Å². The van der Waals surface area contributed by atoms with Gasteiger partial charge in [0.2, 0.25) is 0 Å². The number of benzene rings is 2. The number of aromatic nitrogens is 4. The van der Waals surface area contributed by atoms with E-state index in [9.17, 15) is 14.9 Å². The second kappa shape index (κ2) is 8.24. The Morgan fingerprint density at radius 3 is 2.58 bits per heavy atom. The van der Waals surface area contributed by atoms with Crippen molar-refractivity contribution in [2.45, 2.75) is 6.92 Å². The summed E-state index contributed by atoms with van der Waals surface area (Å²) < 4.78 is 1.71. The highest BCUT2D eigenvalue weighted by atomic mass is 32.1. The summed E-state index contributed by atoms with van der Waals surface area (Å²) >= 11 is 1.57. The van der Waals surface area contributed by atoms with E-state index in [-0.39, 0.29) is 11.3 Å². The third kappa shape index (κ3) is 3.83. The van der Waals surface area contributed by atoms with Crippen molar-refractivity contribution in [2.24, 2.45) is 0 Å². The lowest BCUT2D eigenvalue weighted by molar-refractivity contribution is -0.385. The summed E-state index contributed by atoms with van der Waals surface area (Å²) in [6.07, 6.45) is 0. The van der Waals surface area contributed by atoms with Crippen LogP contribution in [0.25, 0.3) is 27.6 Å². The van der Waals surface area contributed by atoms with E-state index in [0.29, 0.717) is 22.7 Å². The fourth-order valence-corrected chi connectivity index (χ4v) is 4.19. The summed E-state index contributed by atoms with van der Waals surface area (Å²) in [6.45, 7) is 1.56. The van der Waals surface area contributed by atoms with E-state index >= 15 is 0 Å². The largest absolute Gasteiger partial charge is 0.322 e. The Hall–Kier alpha value is -4.44. The number of nitro benzene ring substituents is 1. The Morgan fingerprint density at radius 1 is 1.03 bits per heavy atom. The normalized spacial score (nSPS) is 10.9. The topological polar surface area (TPSA) is 115 Å². The summed E-state index contributed by atoms with van der Waals surface area (Å²) in [6, 6.07) is 19.3. The van der Waals surface area contributed by atoms with Gasteiger partial charge in [-0.2, -0.15) is 9.61 Å². The molecule has 0 radical (unpaired) electrons. The number of nitro groups is 1. The van der Waals surface area contributed by atoms with E-state index in [1.165, 1.54) is 12.1 Å². The van der Waals surface area contributed by atoms with Crippen LogP contribution in [0.2, 0.25) is 0 Å². The van der Waals surface area contributed by atoms with Gasteiger partial charge in [-0.05, 0) is 48.7 Å². The van der Waals surface area contributed by atoms with Crippen molar-refractivity contribution >= 4 is 34.3 Å². The van der Waals surface area contributed by atoms with Crippen LogP contribution in [0, 0.1) is 17.0 Å². The molecule has 5 rings (SSSR count). The first kappa shape index (κ1) is 20.5. The molecule has 0 aliphatic rings. The molecule has 0 aliphatic carbocycles. The Kier molecular flexibility index (Phi) is 5.11. The Bertz CT molecular complexity index is 1490. The van der Waals surface area contributed by atoms with Crippen LogP contribution >= 0.6 is 11.3 Å². The fourth-order valence-electron chi connectivity index (χ4n) is 3.49. The molecule has 0 saturated carbocycles. The number of carbonyl (C=O) groups excluding carboxylic acids is 1. The number of nitrogens with zero attached hydrogens (tertiary/aromatic N) is 5. The summed E-state index contributed by atoms with van der Waals surface area (Å²) in [5.41, 5.74) is 3.30. The first-order valence-corrected chi connectivity index (χ1v) is 10.8. The molecule has 1 N–H and O–H groups in total. The second-order valence-electron chi connectivity index (χ2n) is 7.23. The molecule has 0 bridgehead atoms. The minimum absolute atomic E-state index is 0.0876. The highest BCUT2D eigenvalue weighted by Gasteiger charge is 2.18. The molecule has 2 aromatic carbocycles. The number of hydrogen-bond acceptors (Lipinski definition) is 7. The molecule has 10 heteroatoms. The van der Waals surface area contributed by atoms with Gasteiger partial charge in [0.1, 0.15) is 0 Å².